The molecule has 0 bridgehead atoms. The van der Waals surface area contributed by atoms with Crippen LogP contribution in [0.15, 0.2) is 30.3 Å². The first-order valence-electron chi connectivity index (χ1n) is 6.95. The van der Waals surface area contributed by atoms with Crippen LogP contribution < -0.4 is 10.1 Å². The van der Waals surface area contributed by atoms with E-state index in [4.69, 9.17) is 4.74 Å². The molecule has 1 fully saturated rings. The maximum atomic E-state index is 5.70. The first-order chi connectivity index (χ1) is 8.86. The first kappa shape index (κ1) is 13.4. The van der Waals surface area contributed by atoms with Gasteiger partial charge in [-0.2, -0.15) is 0 Å². The van der Waals surface area contributed by atoms with Gasteiger partial charge in [0.05, 0.1) is 6.61 Å². The molecule has 3 heteroatoms. The molecule has 0 spiro atoms. The fraction of sp³-hybridized carbons (Fsp3) is 0.600. The van der Waals surface area contributed by atoms with Gasteiger partial charge in [0.25, 0.3) is 0 Å². The van der Waals surface area contributed by atoms with E-state index < -0.39 is 0 Å². The Kier molecular flexibility index (Phi) is 5.49. The topological polar surface area (TPSA) is 24.5 Å². The van der Waals surface area contributed by atoms with Gasteiger partial charge in [0.2, 0.25) is 0 Å². The van der Waals surface area contributed by atoms with Crippen LogP contribution in [0.5, 0.6) is 5.75 Å². The number of para-hydroxylation sites is 1. The number of hydrogen-bond donors (Lipinski definition) is 1. The number of rotatable bonds is 6. The predicted molar refractivity (Wildman–Crippen MR) is 75.1 cm³/mol. The van der Waals surface area contributed by atoms with Gasteiger partial charge in [0.1, 0.15) is 5.75 Å². The summed E-state index contributed by atoms with van der Waals surface area (Å²) in [4.78, 5) is 2.48. The smallest absolute Gasteiger partial charge is 0.119 e. The molecule has 2 rings (SSSR count). The third kappa shape index (κ3) is 4.31. The summed E-state index contributed by atoms with van der Waals surface area (Å²) < 4.78 is 5.70. The van der Waals surface area contributed by atoms with E-state index in [0.717, 1.165) is 44.5 Å². The lowest BCUT2D eigenvalue weighted by molar-refractivity contribution is 0.183. The van der Waals surface area contributed by atoms with Gasteiger partial charge >= 0.3 is 0 Å². The van der Waals surface area contributed by atoms with E-state index in [1.165, 1.54) is 12.8 Å². The van der Waals surface area contributed by atoms with Crippen molar-refractivity contribution < 1.29 is 4.74 Å². The van der Waals surface area contributed by atoms with E-state index in [9.17, 15) is 0 Å². The number of piperidine rings is 1. The van der Waals surface area contributed by atoms with Crippen LogP contribution in [0.25, 0.3) is 0 Å². The molecular formula is C15H24N2O. The van der Waals surface area contributed by atoms with Crippen molar-refractivity contribution in [3.8, 4) is 5.75 Å². The van der Waals surface area contributed by atoms with Gasteiger partial charge in [-0.3, -0.25) is 0 Å². The third-order valence-electron chi connectivity index (χ3n) is 3.60. The van der Waals surface area contributed by atoms with Gasteiger partial charge < -0.3 is 15.0 Å². The van der Waals surface area contributed by atoms with Crippen LogP contribution in [0.4, 0.5) is 0 Å². The Morgan fingerprint density at radius 3 is 2.67 bits per heavy atom. The molecular weight excluding hydrogens is 224 g/mol. The SMILES string of the molecule is CN(CCCOc1ccccc1)C1CCNCC1. The maximum Gasteiger partial charge on any atom is 0.119 e. The molecule has 1 aliphatic rings. The Morgan fingerprint density at radius 1 is 1.22 bits per heavy atom. The molecule has 1 saturated heterocycles. The maximum absolute atomic E-state index is 5.70. The van der Waals surface area contributed by atoms with Crippen LogP contribution in [-0.4, -0.2) is 44.2 Å². The number of hydrogen-bond acceptors (Lipinski definition) is 3. The Labute approximate surface area is 110 Å². The minimum absolute atomic E-state index is 0.753. The van der Waals surface area contributed by atoms with Crippen molar-refractivity contribution >= 4 is 0 Å². The lowest BCUT2D eigenvalue weighted by Crippen LogP contribution is -2.41. The van der Waals surface area contributed by atoms with E-state index in [-0.39, 0.29) is 0 Å². The predicted octanol–water partition coefficient (Wildman–Crippen LogP) is 2.14. The molecule has 0 unspecified atom stereocenters. The minimum atomic E-state index is 0.753. The Bertz CT molecular complexity index is 323. The fourth-order valence-corrected chi connectivity index (χ4v) is 2.45. The van der Waals surface area contributed by atoms with Crippen molar-refractivity contribution in [2.24, 2.45) is 0 Å². The molecule has 1 aromatic rings. The van der Waals surface area contributed by atoms with Gasteiger partial charge in [0.15, 0.2) is 0 Å². The zero-order chi connectivity index (χ0) is 12.6. The zero-order valence-corrected chi connectivity index (χ0v) is 11.3. The van der Waals surface area contributed by atoms with Crippen LogP contribution in [0.2, 0.25) is 0 Å². The molecule has 18 heavy (non-hydrogen) atoms. The molecule has 1 aliphatic heterocycles. The molecule has 0 atom stereocenters. The Balaban J connectivity index is 1.60. The van der Waals surface area contributed by atoms with Gasteiger partial charge in [-0.25, -0.2) is 0 Å². The molecule has 1 heterocycles. The van der Waals surface area contributed by atoms with Crippen LogP contribution in [0.3, 0.4) is 0 Å². The van der Waals surface area contributed by atoms with E-state index in [2.05, 4.69) is 17.3 Å². The van der Waals surface area contributed by atoms with Crippen LogP contribution in [-0.2, 0) is 0 Å². The van der Waals surface area contributed by atoms with Crippen LogP contribution in [0.1, 0.15) is 19.3 Å². The summed E-state index contributed by atoms with van der Waals surface area (Å²) in [6, 6.07) is 10.8. The van der Waals surface area contributed by atoms with E-state index in [1.54, 1.807) is 0 Å². The average Bonchev–Trinajstić information content (AvgIpc) is 2.45. The molecule has 3 nitrogen and oxygen atoms in total. The average molecular weight is 248 g/mol. The summed E-state index contributed by atoms with van der Waals surface area (Å²) in [5.41, 5.74) is 0. The zero-order valence-electron chi connectivity index (χ0n) is 11.3. The molecule has 0 amide bonds. The van der Waals surface area contributed by atoms with Crippen molar-refractivity contribution in [2.45, 2.75) is 25.3 Å². The molecule has 1 aromatic carbocycles. The van der Waals surface area contributed by atoms with E-state index in [0.29, 0.717) is 0 Å². The largest absolute Gasteiger partial charge is 0.494 e. The normalized spacial score (nSPS) is 17.0. The standard InChI is InChI=1S/C15H24N2O/c1-17(14-8-10-16-11-9-14)12-5-13-18-15-6-3-2-4-7-15/h2-4,6-7,14,16H,5,8-13H2,1H3. The monoisotopic (exact) mass is 248 g/mol. The summed E-state index contributed by atoms with van der Waals surface area (Å²) >= 11 is 0. The first-order valence-corrected chi connectivity index (χ1v) is 6.95. The van der Waals surface area contributed by atoms with E-state index >= 15 is 0 Å². The van der Waals surface area contributed by atoms with Crippen molar-refractivity contribution in [1.29, 1.82) is 0 Å². The lowest BCUT2D eigenvalue weighted by atomic mass is 10.1. The third-order valence-corrected chi connectivity index (χ3v) is 3.60. The number of nitrogens with zero attached hydrogens (tertiary/aromatic N) is 1. The Hall–Kier alpha value is -1.06. The van der Waals surface area contributed by atoms with Crippen LogP contribution in [0, 0.1) is 0 Å². The molecule has 0 saturated carbocycles. The molecule has 0 aromatic heterocycles. The summed E-state index contributed by atoms with van der Waals surface area (Å²) in [6.45, 7) is 4.25. The van der Waals surface area contributed by atoms with Gasteiger partial charge in [-0.05, 0) is 51.5 Å². The second kappa shape index (κ2) is 7.39. The Morgan fingerprint density at radius 2 is 1.94 bits per heavy atom. The highest BCUT2D eigenvalue weighted by atomic mass is 16.5. The highest BCUT2D eigenvalue weighted by Gasteiger charge is 2.16. The summed E-state index contributed by atoms with van der Waals surface area (Å²) in [6.07, 6.45) is 3.64. The minimum Gasteiger partial charge on any atom is -0.494 e. The summed E-state index contributed by atoms with van der Waals surface area (Å²) in [5, 5.41) is 3.41. The molecule has 0 aliphatic carbocycles. The second-order valence-electron chi connectivity index (χ2n) is 4.98. The van der Waals surface area contributed by atoms with Gasteiger partial charge in [-0.15, -0.1) is 0 Å². The van der Waals surface area contributed by atoms with Gasteiger partial charge in [-0.1, -0.05) is 18.2 Å². The van der Waals surface area contributed by atoms with Crippen molar-refractivity contribution in [3.63, 3.8) is 0 Å². The number of nitrogens with one attached hydrogen (secondary N) is 1. The second-order valence-corrected chi connectivity index (χ2v) is 4.98. The van der Waals surface area contributed by atoms with Crippen molar-refractivity contribution in [3.05, 3.63) is 30.3 Å². The molecule has 0 radical (unpaired) electrons. The van der Waals surface area contributed by atoms with Crippen molar-refractivity contribution in [2.75, 3.05) is 33.3 Å². The van der Waals surface area contributed by atoms with Gasteiger partial charge in [0, 0.05) is 12.6 Å². The van der Waals surface area contributed by atoms with Crippen LogP contribution >= 0.6 is 0 Å². The number of ether oxygens (including phenoxy) is 1. The summed E-state index contributed by atoms with van der Waals surface area (Å²) in [5.74, 6) is 0.974. The molecule has 1 N–H and O–H groups in total. The van der Waals surface area contributed by atoms with Crippen molar-refractivity contribution in [1.82, 2.24) is 10.2 Å². The molecule has 100 valence electrons. The fourth-order valence-electron chi connectivity index (χ4n) is 2.45. The van der Waals surface area contributed by atoms with E-state index in [1.807, 2.05) is 30.3 Å². The quantitative estimate of drug-likeness (QED) is 0.781. The highest BCUT2D eigenvalue weighted by Crippen LogP contribution is 2.11. The summed E-state index contributed by atoms with van der Waals surface area (Å²) in [7, 11) is 2.23. The lowest BCUT2D eigenvalue weighted by Gasteiger charge is -2.31. The highest BCUT2D eigenvalue weighted by molar-refractivity contribution is 5.20. The number of benzene rings is 1.